The maximum atomic E-state index is 14.4. The van der Waals surface area contributed by atoms with E-state index >= 15 is 0 Å². The van der Waals surface area contributed by atoms with Gasteiger partial charge in [-0.25, -0.2) is 18.3 Å². The van der Waals surface area contributed by atoms with Crippen LogP contribution in [0.1, 0.15) is 5.56 Å². The summed E-state index contributed by atoms with van der Waals surface area (Å²) >= 11 is 0. The third-order valence-corrected chi connectivity index (χ3v) is 4.26. The quantitative estimate of drug-likeness (QED) is 0.464. The van der Waals surface area contributed by atoms with Crippen molar-refractivity contribution < 1.29 is 26.7 Å². The van der Waals surface area contributed by atoms with Crippen molar-refractivity contribution in [1.82, 2.24) is 19.1 Å². The van der Waals surface area contributed by atoms with Gasteiger partial charge in [0.2, 0.25) is 0 Å². The maximum absolute atomic E-state index is 14.4. The van der Waals surface area contributed by atoms with Crippen LogP contribution in [0.3, 0.4) is 0 Å². The standard InChI is InChI=1S/C19H11F5N4O2/c1-27-9-25-15-16(27)26-18(28(17(15)29)11-7-5-10(20)6-8-11)30-13-4-2-3-12(14(13)21)19(22,23)24/h2-9H,1H3. The first-order chi connectivity index (χ1) is 14.2. The van der Waals surface area contributed by atoms with Gasteiger partial charge >= 0.3 is 12.2 Å². The molecule has 0 saturated carbocycles. The Morgan fingerprint density at radius 1 is 1.03 bits per heavy atom. The van der Waals surface area contributed by atoms with Crippen LogP contribution < -0.4 is 10.3 Å². The minimum Gasteiger partial charge on any atom is -0.422 e. The van der Waals surface area contributed by atoms with E-state index in [4.69, 9.17) is 4.74 Å². The van der Waals surface area contributed by atoms with Crippen molar-refractivity contribution in [3.8, 4) is 17.4 Å². The second-order valence-electron chi connectivity index (χ2n) is 6.26. The summed E-state index contributed by atoms with van der Waals surface area (Å²) < 4.78 is 74.4. The fourth-order valence-corrected chi connectivity index (χ4v) is 2.83. The number of rotatable bonds is 3. The minimum absolute atomic E-state index is 0.0568. The van der Waals surface area contributed by atoms with Crippen LogP contribution in [-0.4, -0.2) is 19.1 Å². The Hall–Kier alpha value is -3.76. The SMILES string of the molecule is Cn1cnc2c(=O)n(-c3ccc(F)cc3)c(Oc3cccc(C(F)(F)F)c3F)nc21. The molecule has 0 aliphatic carbocycles. The molecule has 2 aromatic heterocycles. The number of hydrogen-bond acceptors (Lipinski definition) is 4. The van der Waals surface area contributed by atoms with Gasteiger partial charge in [0.05, 0.1) is 17.6 Å². The summed E-state index contributed by atoms with van der Waals surface area (Å²) in [6.45, 7) is 0. The third kappa shape index (κ3) is 3.27. The van der Waals surface area contributed by atoms with Crippen LogP contribution in [0.15, 0.2) is 53.6 Å². The molecule has 0 aliphatic heterocycles. The normalized spacial score (nSPS) is 11.8. The molecule has 0 atom stereocenters. The first-order valence-electron chi connectivity index (χ1n) is 8.40. The van der Waals surface area contributed by atoms with Crippen molar-refractivity contribution in [2.75, 3.05) is 0 Å². The molecule has 11 heteroatoms. The van der Waals surface area contributed by atoms with E-state index in [2.05, 4.69) is 9.97 Å². The molecule has 30 heavy (non-hydrogen) atoms. The zero-order valence-corrected chi connectivity index (χ0v) is 15.1. The highest BCUT2D eigenvalue weighted by Gasteiger charge is 2.35. The van der Waals surface area contributed by atoms with E-state index in [-0.39, 0.29) is 16.9 Å². The van der Waals surface area contributed by atoms with Gasteiger partial charge in [-0.15, -0.1) is 0 Å². The van der Waals surface area contributed by atoms with E-state index in [0.29, 0.717) is 6.07 Å². The van der Waals surface area contributed by atoms with E-state index in [1.807, 2.05) is 0 Å². The Labute approximate surface area is 164 Å². The topological polar surface area (TPSA) is 61.9 Å². The molecule has 6 nitrogen and oxygen atoms in total. The highest BCUT2D eigenvalue weighted by Crippen LogP contribution is 2.36. The van der Waals surface area contributed by atoms with Gasteiger partial charge in [0.15, 0.2) is 22.7 Å². The van der Waals surface area contributed by atoms with Crippen LogP contribution in [0.25, 0.3) is 16.9 Å². The zero-order valence-electron chi connectivity index (χ0n) is 15.1. The lowest BCUT2D eigenvalue weighted by atomic mass is 10.2. The maximum Gasteiger partial charge on any atom is 0.419 e. The molecular weight excluding hydrogens is 411 g/mol. The summed E-state index contributed by atoms with van der Waals surface area (Å²) in [5, 5.41) is 0. The summed E-state index contributed by atoms with van der Waals surface area (Å²) in [6, 6.07) is 6.60. The predicted molar refractivity (Wildman–Crippen MR) is 95.5 cm³/mol. The average molecular weight is 422 g/mol. The molecule has 2 heterocycles. The van der Waals surface area contributed by atoms with Gasteiger partial charge in [-0.3, -0.25) is 4.79 Å². The van der Waals surface area contributed by atoms with Crippen molar-refractivity contribution >= 4 is 11.2 Å². The van der Waals surface area contributed by atoms with Crippen LogP contribution >= 0.6 is 0 Å². The second kappa shape index (κ2) is 6.94. The Morgan fingerprint density at radius 3 is 2.40 bits per heavy atom. The fraction of sp³-hybridized carbons (Fsp3) is 0.105. The molecule has 4 aromatic rings. The second-order valence-corrected chi connectivity index (χ2v) is 6.26. The molecule has 0 aliphatic rings. The number of nitrogens with zero attached hydrogens (tertiary/aromatic N) is 4. The predicted octanol–water partition coefficient (Wildman–Crippen LogP) is 4.21. The monoisotopic (exact) mass is 422 g/mol. The van der Waals surface area contributed by atoms with Crippen LogP contribution in [0.2, 0.25) is 0 Å². The molecule has 4 rings (SSSR count). The Morgan fingerprint density at radius 2 is 1.73 bits per heavy atom. The molecule has 154 valence electrons. The van der Waals surface area contributed by atoms with Gasteiger partial charge in [-0.1, -0.05) is 6.07 Å². The molecule has 0 amide bonds. The fourth-order valence-electron chi connectivity index (χ4n) is 2.83. The average Bonchev–Trinajstić information content (AvgIpc) is 3.05. The Kier molecular flexibility index (Phi) is 4.52. The van der Waals surface area contributed by atoms with Crippen LogP contribution in [-0.2, 0) is 13.2 Å². The van der Waals surface area contributed by atoms with Crippen molar-refractivity contribution in [3.63, 3.8) is 0 Å². The molecule has 2 aromatic carbocycles. The lowest BCUT2D eigenvalue weighted by Gasteiger charge is -2.15. The van der Waals surface area contributed by atoms with Crippen molar-refractivity contribution in [1.29, 1.82) is 0 Å². The zero-order chi connectivity index (χ0) is 21.6. The highest BCUT2D eigenvalue weighted by molar-refractivity contribution is 5.70. The van der Waals surface area contributed by atoms with Gasteiger partial charge in [-0.05, 0) is 36.4 Å². The van der Waals surface area contributed by atoms with Crippen LogP contribution in [0, 0.1) is 11.6 Å². The Balaban J connectivity index is 1.95. The molecule has 0 bridgehead atoms. The number of imidazole rings is 1. The van der Waals surface area contributed by atoms with Crippen LogP contribution in [0.4, 0.5) is 22.0 Å². The smallest absolute Gasteiger partial charge is 0.419 e. The third-order valence-electron chi connectivity index (χ3n) is 4.26. The van der Waals surface area contributed by atoms with Crippen molar-refractivity contribution in [2.45, 2.75) is 6.18 Å². The molecule has 0 fully saturated rings. The van der Waals surface area contributed by atoms with Gasteiger partial charge in [0, 0.05) is 7.05 Å². The van der Waals surface area contributed by atoms with Crippen molar-refractivity contribution in [3.05, 3.63) is 76.3 Å². The number of benzene rings is 2. The summed E-state index contributed by atoms with van der Waals surface area (Å²) in [4.78, 5) is 21.0. The number of halogens is 5. The number of hydrogen-bond donors (Lipinski definition) is 0. The first kappa shape index (κ1) is 19.6. The van der Waals surface area contributed by atoms with E-state index in [1.54, 1.807) is 7.05 Å². The highest BCUT2D eigenvalue weighted by atomic mass is 19.4. The first-order valence-corrected chi connectivity index (χ1v) is 8.40. The number of aromatic nitrogens is 4. The molecule has 0 unspecified atom stereocenters. The summed E-state index contributed by atoms with van der Waals surface area (Å²) in [6.07, 6.45) is -3.64. The van der Waals surface area contributed by atoms with E-state index < -0.39 is 40.7 Å². The number of aryl methyl sites for hydroxylation is 1. The molecule has 0 saturated heterocycles. The van der Waals surface area contributed by atoms with Crippen molar-refractivity contribution in [2.24, 2.45) is 7.05 Å². The lowest BCUT2D eigenvalue weighted by molar-refractivity contribution is -0.140. The van der Waals surface area contributed by atoms with E-state index in [1.165, 1.54) is 23.0 Å². The number of alkyl halides is 3. The van der Waals surface area contributed by atoms with Gasteiger partial charge in [0.1, 0.15) is 5.82 Å². The molecule has 0 radical (unpaired) electrons. The van der Waals surface area contributed by atoms with E-state index in [0.717, 1.165) is 28.8 Å². The largest absolute Gasteiger partial charge is 0.422 e. The van der Waals surface area contributed by atoms with Gasteiger partial charge in [0.25, 0.3) is 5.56 Å². The Bertz CT molecular complexity index is 1310. The minimum atomic E-state index is -4.94. The van der Waals surface area contributed by atoms with Crippen LogP contribution in [0.5, 0.6) is 11.8 Å². The van der Waals surface area contributed by atoms with Gasteiger partial charge in [-0.2, -0.15) is 18.2 Å². The van der Waals surface area contributed by atoms with Gasteiger partial charge < -0.3 is 9.30 Å². The van der Waals surface area contributed by atoms with E-state index in [9.17, 15) is 26.7 Å². The number of fused-ring (bicyclic) bond motifs is 1. The summed E-state index contributed by atoms with van der Waals surface area (Å²) in [5.74, 6) is -3.02. The molecular formula is C19H11F5N4O2. The molecule has 0 spiro atoms. The molecule has 0 N–H and O–H groups in total. The number of ether oxygens (including phenoxy) is 1. The summed E-state index contributed by atoms with van der Waals surface area (Å²) in [5.41, 5.74) is -2.14. The lowest BCUT2D eigenvalue weighted by Crippen LogP contribution is -2.22. The summed E-state index contributed by atoms with van der Waals surface area (Å²) in [7, 11) is 1.54.